The van der Waals surface area contributed by atoms with E-state index in [4.69, 9.17) is 20.7 Å². The average molecular weight is 664 g/mol. The first-order valence-electron chi connectivity index (χ1n) is 18.1. The van der Waals surface area contributed by atoms with Crippen LogP contribution < -0.4 is 15.9 Å². The van der Waals surface area contributed by atoms with E-state index < -0.39 is 6.62 Å². The van der Waals surface area contributed by atoms with Gasteiger partial charge in [0, 0.05) is 13.2 Å². The Bertz CT molecular complexity index is 1240. The van der Waals surface area contributed by atoms with Crippen LogP contribution in [-0.4, -0.2) is 19.5 Å². The predicted molar refractivity (Wildman–Crippen MR) is 205 cm³/mol. The van der Waals surface area contributed by atoms with Crippen LogP contribution >= 0.6 is 17.9 Å². The lowest BCUT2D eigenvalue weighted by molar-refractivity contribution is -0.148. The molecule has 4 heteroatoms. The number of rotatable bonds is 23. The Kier molecular flexibility index (Phi) is 18.3. The second-order valence-corrected chi connectivity index (χ2v) is 17.0. The van der Waals surface area contributed by atoms with Crippen molar-refractivity contribution in [2.75, 3.05) is 13.2 Å². The smallest absolute Gasteiger partial charge is 0.211 e. The first kappa shape index (κ1) is 38.5. The number of allylic oxidation sites excluding steroid dienone is 2. The molecule has 0 saturated carbocycles. The summed E-state index contributed by atoms with van der Waals surface area (Å²) in [5.41, 5.74) is 5.29. The van der Waals surface area contributed by atoms with Crippen molar-refractivity contribution >= 4 is 33.8 Å². The minimum atomic E-state index is -2.31. The molecule has 0 aromatic heterocycles. The van der Waals surface area contributed by atoms with Crippen molar-refractivity contribution in [2.24, 2.45) is 0 Å². The Morgan fingerprint density at radius 1 is 0.609 bits per heavy atom. The summed E-state index contributed by atoms with van der Waals surface area (Å²) in [6.45, 7) is 10.5. The highest BCUT2D eigenvalue weighted by atomic mass is 35.7. The zero-order valence-electron chi connectivity index (χ0n) is 29.5. The van der Waals surface area contributed by atoms with Gasteiger partial charge in [-0.15, -0.1) is 0 Å². The molecule has 0 unspecified atom stereocenters. The molecular weight excluding hydrogens is 603 g/mol. The fourth-order valence-corrected chi connectivity index (χ4v) is 11.3. The van der Waals surface area contributed by atoms with Crippen LogP contribution in [-0.2, 0) is 15.9 Å². The van der Waals surface area contributed by atoms with Crippen LogP contribution in [0.5, 0.6) is 0 Å². The fourth-order valence-electron chi connectivity index (χ4n) is 6.23. The molecule has 0 saturated heterocycles. The molecule has 0 amide bonds. The third kappa shape index (κ3) is 11.9. The fraction of sp³-hybridized carbons (Fsp3) is 0.524. The normalized spacial score (nSPS) is 12.1. The summed E-state index contributed by atoms with van der Waals surface area (Å²) in [5.74, 6) is 0. The van der Waals surface area contributed by atoms with Crippen molar-refractivity contribution in [3.8, 4) is 0 Å². The first-order valence-corrected chi connectivity index (χ1v) is 20.8. The van der Waals surface area contributed by atoms with Crippen LogP contribution in [0.15, 0.2) is 78.9 Å². The maximum atomic E-state index is 7.93. The van der Waals surface area contributed by atoms with Gasteiger partial charge in [0.1, 0.15) is 27.2 Å². The maximum Gasteiger partial charge on any atom is 0.211 e. The third-order valence-corrected chi connectivity index (χ3v) is 14.2. The molecule has 0 heterocycles. The van der Waals surface area contributed by atoms with E-state index in [-0.39, 0.29) is 6.29 Å². The molecule has 0 fully saturated rings. The summed E-state index contributed by atoms with van der Waals surface area (Å²) >= 11 is 7.93. The zero-order chi connectivity index (χ0) is 33.0. The maximum absolute atomic E-state index is 7.93. The summed E-state index contributed by atoms with van der Waals surface area (Å²) in [7, 11) is 0. The second-order valence-electron chi connectivity index (χ2n) is 12.8. The highest BCUT2D eigenvalue weighted by Crippen LogP contribution is 2.62. The van der Waals surface area contributed by atoms with Gasteiger partial charge in [-0.05, 0) is 119 Å². The zero-order valence-corrected chi connectivity index (χ0v) is 31.2. The Labute approximate surface area is 287 Å². The molecule has 0 aliphatic heterocycles. The van der Waals surface area contributed by atoms with Gasteiger partial charge in [-0.3, -0.25) is 0 Å². The van der Waals surface area contributed by atoms with E-state index in [1.54, 1.807) is 0 Å². The number of hydrogen-bond acceptors (Lipinski definition) is 2. The summed E-state index contributed by atoms with van der Waals surface area (Å²) in [5, 5.41) is 3.83. The van der Waals surface area contributed by atoms with E-state index in [1.807, 2.05) is 0 Å². The number of aryl methyl sites for hydroxylation is 3. The Hall–Kier alpha value is -1.96. The Balaban J connectivity index is 1.49. The molecule has 252 valence electrons. The van der Waals surface area contributed by atoms with Gasteiger partial charge in [-0.1, -0.05) is 107 Å². The van der Waals surface area contributed by atoms with Crippen LogP contribution in [0.2, 0.25) is 0 Å². The summed E-state index contributed by atoms with van der Waals surface area (Å²) in [6.07, 6.45) is 21.1. The molecule has 0 aliphatic carbocycles. The van der Waals surface area contributed by atoms with Crippen molar-refractivity contribution in [3.63, 3.8) is 0 Å². The number of halogens is 1. The minimum Gasteiger partial charge on any atom is -0.353 e. The van der Waals surface area contributed by atoms with E-state index in [0.717, 1.165) is 58.2 Å². The largest absolute Gasteiger partial charge is 0.353 e. The summed E-state index contributed by atoms with van der Waals surface area (Å²) < 4.78 is 12.2. The molecule has 2 nitrogen and oxygen atoms in total. The average Bonchev–Trinajstić information content (AvgIpc) is 3.06. The first-order chi connectivity index (χ1) is 22.4. The molecule has 3 aromatic carbocycles. The molecule has 46 heavy (non-hydrogen) atoms. The second kappa shape index (κ2) is 21.8. The van der Waals surface area contributed by atoms with Crippen molar-refractivity contribution < 1.29 is 9.47 Å². The molecule has 0 radical (unpaired) electrons. The highest BCUT2D eigenvalue weighted by molar-refractivity contribution is 8.15. The van der Waals surface area contributed by atoms with Gasteiger partial charge in [0.15, 0.2) is 6.29 Å². The SMILES string of the molecule is CCCCCOC(CCCCC/C=C\CCCc1cccc([P+](Cl)(c2ccccc2C)c2ccccc2C)c1C)OCCCCC. The lowest BCUT2D eigenvalue weighted by atomic mass is 10.0. The van der Waals surface area contributed by atoms with Crippen LogP contribution in [0.1, 0.15) is 120 Å². The summed E-state index contributed by atoms with van der Waals surface area (Å²) in [6, 6.07) is 24.2. The molecule has 3 rings (SSSR count). The topological polar surface area (TPSA) is 18.5 Å². The van der Waals surface area contributed by atoms with Crippen molar-refractivity contribution in [1.29, 1.82) is 0 Å². The van der Waals surface area contributed by atoms with E-state index >= 15 is 0 Å². The van der Waals surface area contributed by atoms with Crippen molar-refractivity contribution in [2.45, 2.75) is 131 Å². The molecule has 3 aromatic rings. The number of benzene rings is 3. The predicted octanol–water partition coefficient (Wildman–Crippen LogP) is 11.6. The molecule has 0 bridgehead atoms. The van der Waals surface area contributed by atoms with Gasteiger partial charge in [-0.25, -0.2) is 0 Å². The quantitative estimate of drug-likeness (QED) is 0.0435. The van der Waals surface area contributed by atoms with Gasteiger partial charge in [0.05, 0.1) is 0 Å². The summed E-state index contributed by atoms with van der Waals surface area (Å²) in [4.78, 5) is 0. The van der Waals surface area contributed by atoms with Gasteiger partial charge in [0.2, 0.25) is 6.62 Å². The Morgan fingerprint density at radius 3 is 1.72 bits per heavy atom. The van der Waals surface area contributed by atoms with E-state index in [9.17, 15) is 0 Å². The van der Waals surface area contributed by atoms with Crippen molar-refractivity contribution in [3.05, 3.63) is 101 Å². The number of hydrogen-bond donors (Lipinski definition) is 0. The van der Waals surface area contributed by atoms with E-state index in [0.29, 0.717) is 0 Å². The minimum absolute atomic E-state index is 0.0225. The molecule has 0 N–H and O–H groups in total. The third-order valence-electron chi connectivity index (χ3n) is 9.04. The molecule has 0 spiro atoms. The number of unbranched alkanes of at least 4 members (excludes halogenated alkanes) is 8. The highest BCUT2D eigenvalue weighted by Gasteiger charge is 2.48. The van der Waals surface area contributed by atoms with Gasteiger partial charge >= 0.3 is 0 Å². The van der Waals surface area contributed by atoms with Crippen LogP contribution in [0.3, 0.4) is 0 Å². The van der Waals surface area contributed by atoms with Crippen LogP contribution in [0.4, 0.5) is 0 Å². The van der Waals surface area contributed by atoms with Crippen LogP contribution in [0.25, 0.3) is 0 Å². The van der Waals surface area contributed by atoms with Gasteiger partial charge < -0.3 is 9.47 Å². The lowest BCUT2D eigenvalue weighted by Crippen LogP contribution is -2.32. The molecule has 0 atom stereocenters. The van der Waals surface area contributed by atoms with Gasteiger partial charge in [-0.2, -0.15) is 0 Å². The lowest BCUT2D eigenvalue weighted by Gasteiger charge is -2.24. The van der Waals surface area contributed by atoms with Gasteiger partial charge in [0.25, 0.3) is 0 Å². The molecular formula is C42H61ClO2P+. The van der Waals surface area contributed by atoms with E-state index in [1.165, 1.54) is 83.1 Å². The number of ether oxygens (including phenoxy) is 2. The van der Waals surface area contributed by atoms with Crippen molar-refractivity contribution in [1.82, 2.24) is 0 Å². The standard InChI is InChI=1S/C42H61ClO2P/c1-6-8-22-33-44-42(45-34-23-9-7-2)32-17-15-13-11-10-12-14-16-27-38-28-24-31-41(37(38)5)46(43,39-29-20-18-25-35(39)3)40-30-21-19-26-36(40)4/h10,12,18-21,24-26,28-31,42H,6-9,11,13-17,22-23,27,32-34H2,1-5H3/q+1/b12-10-. The molecule has 0 aliphatic rings. The monoisotopic (exact) mass is 663 g/mol. The van der Waals surface area contributed by atoms with E-state index in [2.05, 4.69) is 114 Å². The Morgan fingerprint density at radius 2 is 1.15 bits per heavy atom. The van der Waals surface area contributed by atoms with Crippen LogP contribution in [0, 0.1) is 20.8 Å².